The van der Waals surface area contributed by atoms with Crippen LogP contribution in [0.5, 0.6) is 5.75 Å². The average molecular weight is 378 g/mol. The van der Waals surface area contributed by atoms with Gasteiger partial charge in [0.1, 0.15) is 11.4 Å². The van der Waals surface area contributed by atoms with Crippen LogP contribution in [-0.4, -0.2) is 33.2 Å². The van der Waals surface area contributed by atoms with Gasteiger partial charge < -0.3 is 10.1 Å². The molecule has 0 saturated heterocycles. The Morgan fingerprint density at radius 1 is 1.18 bits per heavy atom. The van der Waals surface area contributed by atoms with Crippen molar-refractivity contribution in [2.45, 2.75) is 57.6 Å². The van der Waals surface area contributed by atoms with E-state index < -0.39 is 0 Å². The molecule has 0 bridgehead atoms. The van der Waals surface area contributed by atoms with Gasteiger partial charge in [-0.15, -0.1) is 0 Å². The third-order valence-electron chi connectivity index (χ3n) is 5.34. The molecule has 2 heterocycles. The van der Waals surface area contributed by atoms with Crippen LogP contribution < -0.4 is 10.1 Å². The summed E-state index contributed by atoms with van der Waals surface area (Å²) >= 11 is 0. The van der Waals surface area contributed by atoms with Gasteiger partial charge in [0.2, 0.25) is 0 Å². The van der Waals surface area contributed by atoms with Crippen LogP contribution in [0.25, 0.3) is 10.9 Å². The number of benzene rings is 1. The Hall–Kier alpha value is -2.89. The van der Waals surface area contributed by atoms with Crippen molar-refractivity contribution in [3.8, 4) is 5.75 Å². The Morgan fingerprint density at radius 3 is 2.75 bits per heavy atom. The van der Waals surface area contributed by atoms with Crippen LogP contribution >= 0.6 is 0 Å². The van der Waals surface area contributed by atoms with Gasteiger partial charge in [0.05, 0.1) is 11.6 Å². The number of fused-ring (bicyclic) bond motifs is 1. The van der Waals surface area contributed by atoms with Crippen molar-refractivity contribution in [3.05, 3.63) is 54.0 Å². The number of amides is 1. The molecule has 28 heavy (non-hydrogen) atoms. The second kappa shape index (κ2) is 8.00. The Morgan fingerprint density at radius 2 is 2.00 bits per heavy atom. The number of rotatable bonds is 5. The number of H-pyrrole nitrogens is 1. The molecular weight excluding hydrogens is 352 g/mol. The molecule has 1 aliphatic carbocycles. The second-order valence-corrected chi connectivity index (χ2v) is 7.79. The number of pyridine rings is 1. The molecule has 6 heteroatoms. The Bertz CT molecular complexity index is 958. The third kappa shape index (κ3) is 4.16. The maximum atomic E-state index is 12.4. The van der Waals surface area contributed by atoms with Gasteiger partial charge in [0.25, 0.3) is 5.91 Å². The number of carbonyl (C=O) groups is 1. The zero-order valence-electron chi connectivity index (χ0n) is 16.3. The zero-order chi connectivity index (χ0) is 19.5. The molecule has 1 fully saturated rings. The van der Waals surface area contributed by atoms with Gasteiger partial charge in [-0.3, -0.25) is 14.9 Å². The van der Waals surface area contributed by atoms with Crippen molar-refractivity contribution in [2.75, 3.05) is 0 Å². The van der Waals surface area contributed by atoms with Crippen molar-refractivity contribution < 1.29 is 9.53 Å². The van der Waals surface area contributed by atoms with Crippen LogP contribution in [0.1, 0.15) is 61.6 Å². The van der Waals surface area contributed by atoms with Gasteiger partial charge in [-0.2, -0.15) is 5.10 Å². The van der Waals surface area contributed by atoms with E-state index in [9.17, 15) is 4.79 Å². The van der Waals surface area contributed by atoms with Gasteiger partial charge >= 0.3 is 0 Å². The second-order valence-electron chi connectivity index (χ2n) is 7.79. The molecule has 1 aromatic carbocycles. The number of aromatic amines is 1. The molecule has 0 atom stereocenters. The molecule has 0 aliphatic heterocycles. The van der Waals surface area contributed by atoms with E-state index in [0.717, 1.165) is 48.0 Å². The summed E-state index contributed by atoms with van der Waals surface area (Å²) in [6.07, 6.45) is 5.65. The first-order chi connectivity index (χ1) is 13.6. The normalized spacial score (nSPS) is 19.7. The van der Waals surface area contributed by atoms with Gasteiger partial charge in [-0.05, 0) is 61.9 Å². The van der Waals surface area contributed by atoms with E-state index in [0.29, 0.717) is 11.6 Å². The van der Waals surface area contributed by atoms with Crippen LogP contribution in [0.2, 0.25) is 0 Å². The van der Waals surface area contributed by atoms with E-state index in [1.807, 2.05) is 36.4 Å². The summed E-state index contributed by atoms with van der Waals surface area (Å²) in [5.74, 6) is 1.10. The lowest BCUT2D eigenvalue weighted by molar-refractivity contribution is 0.0889. The van der Waals surface area contributed by atoms with E-state index in [1.54, 1.807) is 6.20 Å². The largest absolute Gasteiger partial charge is 0.490 e. The number of ether oxygens (including phenoxy) is 1. The van der Waals surface area contributed by atoms with Crippen molar-refractivity contribution in [2.24, 2.45) is 0 Å². The molecular formula is C22H26N4O2. The van der Waals surface area contributed by atoms with E-state index in [-0.39, 0.29) is 18.1 Å². The first-order valence-electron chi connectivity index (χ1n) is 9.96. The number of nitrogens with zero attached hydrogens (tertiary/aromatic N) is 2. The van der Waals surface area contributed by atoms with Gasteiger partial charge in [-0.1, -0.05) is 19.9 Å². The predicted octanol–water partition coefficient (Wildman–Crippen LogP) is 4.20. The standard InChI is InChI=1S/C22H26N4O2/c1-14(2)20-13-21(26-25-20)22(27)24-16-5-7-17(8-6-16)28-18-9-10-19-15(12-18)4-3-11-23-19/h3-4,9-14,16-17H,5-8H2,1-2H3,(H,24,27)(H,25,26). The molecule has 0 unspecified atom stereocenters. The van der Waals surface area contributed by atoms with Gasteiger partial charge in [0.15, 0.2) is 0 Å². The minimum absolute atomic E-state index is 0.102. The molecule has 1 amide bonds. The maximum Gasteiger partial charge on any atom is 0.271 e. The van der Waals surface area contributed by atoms with Crippen LogP contribution in [-0.2, 0) is 0 Å². The predicted molar refractivity (Wildman–Crippen MR) is 109 cm³/mol. The van der Waals surface area contributed by atoms with Crippen molar-refractivity contribution in [1.29, 1.82) is 0 Å². The number of hydrogen-bond donors (Lipinski definition) is 2. The summed E-state index contributed by atoms with van der Waals surface area (Å²) in [5, 5.41) is 11.3. The molecule has 0 radical (unpaired) electrons. The highest BCUT2D eigenvalue weighted by Gasteiger charge is 2.25. The molecule has 146 valence electrons. The van der Waals surface area contributed by atoms with Gasteiger partial charge in [-0.25, -0.2) is 0 Å². The number of carbonyl (C=O) groups excluding carboxylic acids is 1. The van der Waals surface area contributed by atoms with Crippen LogP contribution in [0.15, 0.2) is 42.6 Å². The minimum Gasteiger partial charge on any atom is -0.490 e. The molecule has 2 N–H and O–H groups in total. The van der Waals surface area contributed by atoms with E-state index in [2.05, 4.69) is 34.3 Å². The van der Waals surface area contributed by atoms with E-state index in [1.165, 1.54) is 0 Å². The molecule has 1 aliphatic rings. The van der Waals surface area contributed by atoms with Crippen molar-refractivity contribution >= 4 is 16.8 Å². The highest BCUT2D eigenvalue weighted by Crippen LogP contribution is 2.26. The van der Waals surface area contributed by atoms with Crippen LogP contribution in [0.4, 0.5) is 0 Å². The number of nitrogens with one attached hydrogen (secondary N) is 2. The van der Waals surface area contributed by atoms with Crippen molar-refractivity contribution in [3.63, 3.8) is 0 Å². The zero-order valence-corrected chi connectivity index (χ0v) is 16.3. The lowest BCUT2D eigenvalue weighted by Crippen LogP contribution is -2.39. The summed E-state index contributed by atoms with van der Waals surface area (Å²) < 4.78 is 6.17. The number of aromatic nitrogens is 3. The van der Waals surface area contributed by atoms with Crippen LogP contribution in [0.3, 0.4) is 0 Å². The maximum absolute atomic E-state index is 12.4. The minimum atomic E-state index is -0.102. The molecule has 0 spiro atoms. The smallest absolute Gasteiger partial charge is 0.271 e. The first kappa shape index (κ1) is 18.5. The Labute approximate surface area is 164 Å². The first-order valence-corrected chi connectivity index (χ1v) is 9.96. The molecule has 4 rings (SSSR count). The fourth-order valence-electron chi connectivity index (χ4n) is 3.65. The topological polar surface area (TPSA) is 79.9 Å². The Kier molecular flexibility index (Phi) is 5.28. The summed E-state index contributed by atoms with van der Waals surface area (Å²) in [6, 6.07) is 12.0. The number of hydrogen-bond acceptors (Lipinski definition) is 4. The summed E-state index contributed by atoms with van der Waals surface area (Å²) in [4.78, 5) is 16.8. The van der Waals surface area contributed by atoms with E-state index >= 15 is 0 Å². The fraction of sp³-hybridized carbons (Fsp3) is 0.409. The van der Waals surface area contributed by atoms with E-state index in [4.69, 9.17) is 4.74 Å². The lowest BCUT2D eigenvalue weighted by Gasteiger charge is -2.29. The summed E-state index contributed by atoms with van der Waals surface area (Å²) in [7, 11) is 0. The molecule has 6 nitrogen and oxygen atoms in total. The van der Waals surface area contributed by atoms with Crippen LogP contribution in [0, 0.1) is 0 Å². The molecule has 2 aromatic heterocycles. The molecule has 1 saturated carbocycles. The van der Waals surface area contributed by atoms with Gasteiger partial charge in [0, 0.05) is 23.3 Å². The summed E-state index contributed by atoms with van der Waals surface area (Å²) in [5.41, 5.74) is 2.42. The fourth-order valence-corrected chi connectivity index (χ4v) is 3.65. The highest BCUT2D eigenvalue weighted by atomic mass is 16.5. The SMILES string of the molecule is CC(C)c1cc(C(=O)NC2CCC(Oc3ccc4ncccc4c3)CC2)n[nH]1. The third-order valence-corrected chi connectivity index (χ3v) is 5.34. The highest BCUT2D eigenvalue weighted by molar-refractivity contribution is 5.92. The Balaban J connectivity index is 1.29. The quantitative estimate of drug-likeness (QED) is 0.697. The lowest BCUT2D eigenvalue weighted by atomic mass is 9.92. The molecule has 3 aromatic rings. The van der Waals surface area contributed by atoms with Crippen molar-refractivity contribution in [1.82, 2.24) is 20.5 Å². The summed E-state index contributed by atoms with van der Waals surface area (Å²) in [6.45, 7) is 4.14. The average Bonchev–Trinajstić information content (AvgIpc) is 3.20. The monoisotopic (exact) mass is 378 g/mol.